The maximum atomic E-state index is 12.2. The summed E-state index contributed by atoms with van der Waals surface area (Å²) >= 11 is 1.34. The highest BCUT2D eigenvalue weighted by Gasteiger charge is 2.08. The number of ether oxygens (including phenoxy) is 2. The maximum absolute atomic E-state index is 12.2. The van der Waals surface area contributed by atoms with E-state index in [1.807, 2.05) is 13.0 Å². The number of carbonyl (C=O) groups is 1. The van der Waals surface area contributed by atoms with Gasteiger partial charge in [-0.25, -0.2) is 10.4 Å². The molecule has 0 bridgehead atoms. The molecule has 0 aliphatic rings. The Balaban J connectivity index is 1.69. The van der Waals surface area contributed by atoms with E-state index in [0.717, 1.165) is 15.8 Å². The fourth-order valence-corrected chi connectivity index (χ4v) is 3.13. The molecule has 3 aromatic rings. The highest BCUT2D eigenvalue weighted by molar-refractivity contribution is 7.22. The van der Waals surface area contributed by atoms with Gasteiger partial charge in [-0.3, -0.25) is 4.79 Å². The summed E-state index contributed by atoms with van der Waals surface area (Å²) in [5.74, 6) is 0.955. The molecule has 1 aromatic heterocycles. The van der Waals surface area contributed by atoms with Gasteiger partial charge in [-0.05, 0) is 48.9 Å². The minimum atomic E-state index is -0.312. The van der Waals surface area contributed by atoms with E-state index in [0.29, 0.717) is 28.8 Å². The minimum absolute atomic E-state index is 0.312. The van der Waals surface area contributed by atoms with Crippen molar-refractivity contribution >= 4 is 38.8 Å². The molecule has 8 heteroatoms. The lowest BCUT2D eigenvalue weighted by Gasteiger charge is -2.09. The second-order valence-corrected chi connectivity index (χ2v) is 6.34. The summed E-state index contributed by atoms with van der Waals surface area (Å²) < 4.78 is 11.6. The maximum Gasteiger partial charge on any atom is 0.271 e. The molecule has 0 fully saturated rings. The van der Waals surface area contributed by atoms with Crippen molar-refractivity contribution in [2.45, 2.75) is 6.92 Å². The first kappa shape index (κ1) is 17.7. The van der Waals surface area contributed by atoms with Gasteiger partial charge in [0, 0.05) is 5.56 Å². The molecule has 0 spiro atoms. The Morgan fingerprint density at radius 3 is 2.92 bits per heavy atom. The van der Waals surface area contributed by atoms with Crippen molar-refractivity contribution in [3.63, 3.8) is 0 Å². The molecular formula is C18H18N4O3S. The minimum Gasteiger partial charge on any atom is -0.493 e. The molecule has 0 saturated heterocycles. The number of rotatable bonds is 6. The van der Waals surface area contributed by atoms with Crippen LogP contribution in [0.3, 0.4) is 0 Å². The lowest BCUT2D eigenvalue weighted by atomic mass is 10.2. The van der Waals surface area contributed by atoms with Gasteiger partial charge in [0.05, 0.1) is 30.1 Å². The molecule has 134 valence electrons. The Morgan fingerprint density at radius 2 is 2.15 bits per heavy atom. The fourth-order valence-electron chi connectivity index (χ4n) is 2.35. The van der Waals surface area contributed by atoms with Crippen LogP contribution in [0.2, 0.25) is 0 Å². The second-order valence-electron chi connectivity index (χ2n) is 5.28. The van der Waals surface area contributed by atoms with Crippen LogP contribution in [0.5, 0.6) is 11.5 Å². The predicted molar refractivity (Wildman–Crippen MR) is 103 cm³/mol. The summed E-state index contributed by atoms with van der Waals surface area (Å²) in [5.41, 5.74) is 10.2. The molecule has 0 saturated carbocycles. The van der Waals surface area contributed by atoms with E-state index in [1.54, 1.807) is 43.7 Å². The standard InChI is InChI=1S/C18H18N4O3S/c1-3-25-14-7-4-11(8-15(14)24-2)10-20-22-17(23)12-5-6-13-16(9-12)26-18(19)21-13/h4-10H,3H2,1-2H3,(H2,19,21)(H,22,23)/b20-10-. The summed E-state index contributed by atoms with van der Waals surface area (Å²) in [5, 5.41) is 4.47. The highest BCUT2D eigenvalue weighted by Crippen LogP contribution is 2.27. The molecule has 7 nitrogen and oxygen atoms in total. The van der Waals surface area contributed by atoms with Gasteiger partial charge in [0.15, 0.2) is 16.6 Å². The third kappa shape index (κ3) is 3.92. The van der Waals surface area contributed by atoms with E-state index in [9.17, 15) is 4.79 Å². The topological polar surface area (TPSA) is 98.8 Å². The summed E-state index contributed by atoms with van der Waals surface area (Å²) in [6.45, 7) is 2.46. The van der Waals surface area contributed by atoms with Crippen LogP contribution < -0.4 is 20.6 Å². The average Bonchev–Trinajstić information content (AvgIpc) is 3.02. The van der Waals surface area contributed by atoms with Gasteiger partial charge in [-0.1, -0.05) is 11.3 Å². The van der Waals surface area contributed by atoms with Crippen LogP contribution in [0.25, 0.3) is 10.2 Å². The number of hydrazone groups is 1. The number of aromatic nitrogens is 1. The number of thiazole rings is 1. The number of nitrogens with one attached hydrogen (secondary N) is 1. The van der Waals surface area contributed by atoms with Crippen molar-refractivity contribution < 1.29 is 14.3 Å². The molecule has 2 aromatic carbocycles. The van der Waals surface area contributed by atoms with E-state index in [-0.39, 0.29) is 5.91 Å². The van der Waals surface area contributed by atoms with E-state index >= 15 is 0 Å². The number of anilines is 1. The number of hydrogen-bond acceptors (Lipinski definition) is 7. The van der Waals surface area contributed by atoms with Crippen molar-refractivity contribution in [3.05, 3.63) is 47.5 Å². The van der Waals surface area contributed by atoms with Crippen LogP contribution in [0, 0.1) is 0 Å². The van der Waals surface area contributed by atoms with E-state index in [1.165, 1.54) is 11.3 Å². The molecule has 0 aliphatic heterocycles. The van der Waals surface area contributed by atoms with E-state index in [2.05, 4.69) is 15.5 Å². The van der Waals surface area contributed by atoms with Crippen LogP contribution in [-0.4, -0.2) is 30.8 Å². The molecule has 0 aliphatic carbocycles. The zero-order valence-electron chi connectivity index (χ0n) is 14.4. The monoisotopic (exact) mass is 370 g/mol. The fraction of sp³-hybridized carbons (Fsp3) is 0.167. The van der Waals surface area contributed by atoms with Crippen LogP contribution >= 0.6 is 11.3 Å². The zero-order valence-corrected chi connectivity index (χ0v) is 15.2. The molecule has 1 amide bonds. The van der Waals surface area contributed by atoms with Crippen molar-refractivity contribution in [1.29, 1.82) is 0 Å². The van der Waals surface area contributed by atoms with Gasteiger partial charge in [-0.15, -0.1) is 0 Å². The summed E-state index contributed by atoms with van der Waals surface area (Å²) in [6, 6.07) is 10.6. The molecule has 1 heterocycles. The average molecular weight is 370 g/mol. The van der Waals surface area contributed by atoms with Gasteiger partial charge in [0.25, 0.3) is 5.91 Å². The van der Waals surface area contributed by atoms with Crippen molar-refractivity contribution in [1.82, 2.24) is 10.4 Å². The number of hydrogen-bond donors (Lipinski definition) is 2. The van der Waals surface area contributed by atoms with Gasteiger partial charge in [-0.2, -0.15) is 5.10 Å². The summed E-state index contributed by atoms with van der Waals surface area (Å²) in [7, 11) is 1.57. The molecule has 26 heavy (non-hydrogen) atoms. The summed E-state index contributed by atoms with van der Waals surface area (Å²) in [4.78, 5) is 16.4. The van der Waals surface area contributed by atoms with Crippen molar-refractivity contribution in [2.24, 2.45) is 5.10 Å². The second kappa shape index (κ2) is 7.83. The number of methoxy groups -OCH3 is 1. The van der Waals surface area contributed by atoms with Gasteiger partial charge in [0.1, 0.15) is 0 Å². The SMILES string of the molecule is CCOc1ccc(/C=N\NC(=O)c2ccc3nc(N)sc3c2)cc1OC. The molecule has 0 unspecified atom stereocenters. The van der Waals surface area contributed by atoms with Gasteiger partial charge < -0.3 is 15.2 Å². The number of fused-ring (bicyclic) bond motifs is 1. The Hall–Kier alpha value is -3.13. The van der Waals surface area contributed by atoms with Crippen LogP contribution in [0.4, 0.5) is 5.13 Å². The lowest BCUT2D eigenvalue weighted by molar-refractivity contribution is 0.0955. The van der Waals surface area contributed by atoms with E-state index < -0.39 is 0 Å². The number of benzene rings is 2. The third-order valence-corrected chi connectivity index (χ3v) is 4.38. The quantitative estimate of drug-likeness (QED) is 0.513. The Labute approximate surface area is 154 Å². The van der Waals surface area contributed by atoms with Crippen LogP contribution in [-0.2, 0) is 0 Å². The summed E-state index contributed by atoms with van der Waals surface area (Å²) in [6.07, 6.45) is 1.54. The Kier molecular flexibility index (Phi) is 5.33. The first-order chi connectivity index (χ1) is 12.6. The van der Waals surface area contributed by atoms with Crippen LogP contribution in [0.1, 0.15) is 22.8 Å². The predicted octanol–water partition coefficient (Wildman–Crippen LogP) is 3.05. The normalized spacial score (nSPS) is 11.0. The molecule has 0 radical (unpaired) electrons. The highest BCUT2D eigenvalue weighted by atomic mass is 32.1. The van der Waals surface area contributed by atoms with Gasteiger partial charge in [0.2, 0.25) is 0 Å². The zero-order chi connectivity index (χ0) is 18.5. The van der Waals surface area contributed by atoms with Crippen molar-refractivity contribution in [2.75, 3.05) is 19.5 Å². The Morgan fingerprint density at radius 1 is 1.31 bits per heavy atom. The number of amides is 1. The number of nitrogens with zero attached hydrogens (tertiary/aromatic N) is 2. The largest absolute Gasteiger partial charge is 0.493 e. The molecule has 3 rings (SSSR count). The van der Waals surface area contributed by atoms with Gasteiger partial charge >= 0.3 is 0 Å². The molecule has 0 atom stereocenters. The number of nitrogen functional groups attached to an aromatic ring is 1. The first-order valence-corrected chi connectivity index (χ1v) is 8.72. The number of carbonyl (C=O) groups excluding carboxylic acids is 1. The smallest absolute Gasteiger partial charge is 0.271 e. The number of nitrogens with two attached hydrogens (primary N) is 1. The first-order valence-electron chi connectivity index (χ1n) is 7.91. The molecule has 3 N–H and O–H groups in total. The van der Waals surface area contributed by atoms with E-state index in [4.69, 9.17) is 15.2 Å². The lowest BCUT2D eigenvalue weighted by Crippen LogP contribution is -2.17. The van der Waals surface area contributed by atoms with Crippen LogP contribution in [0.15, 0.2) is 41.5 Å². The third-order valence-electron chi connectivity index (χ3n) is 3.53. The Bertz CT molecular complexity index is 968. The molecular weight excluding hydrogens is 352 g/mol. The van der Waals surface area contributed by atoms with Crippen molar-refractivity contribution in [3.8, 4) is 11.5 Å².